The molecule has 0 aliphatic heterocycles. The second-order valence-corrected chi connectivity index (χ2v) is 6.26. The van der Waals surface area contributed by atoms with Crippen molar-refractivity contribution in [3.63, 3.8) is 0 Å². The van der Waals surface area contributed by atoms with E-state index < -0.39 is 0 Å². The van der Waals surface area contributed by atoms with Crippen LogP contribution in [0.1, 0.15) is 18.1 Å². The molecule has 0 aliphatic carbocycles. The molecule has 0 heterocycles. The van der Waals surface area contributed by atoms with Gasteiger partial charge in [0.05, 0.1) is 5.02 Å². The van der Waals surface area contributed by atoms with Gasteiger partial charge in [-0.1, -0.05) is 53.5 Å². The number of halogens is 2. The van der Waals surface area contributed by atoms with E-state index in [4.69, 9.17) is 27.9 Å². The highest BCUT2D eigenvalue weighted by molar-refractivity contribution is 7.98. The number of rotatable bonds is 5. The van der Waals surface area contributed by atoms with Crippen molar-refractivity contribution < 1.29 is 9.53 Å². The molecule has 2 aromatic carbocycles. The van der Waals surface area contributed by atoms with Crippen LogP contribution in [0.15, 0.2) is 47.4 Å². The summed E-state index contributed by atoms with van der Waals surface area (Å²) in [7, 11) is 0. The zero-order valence-corrected chi connectivity index (χ0v) is 13.8. The van der Waals surface area contributed by atoms with Gasteiger partial charge in [0.1, 0.15) is 6.61 Å². The molecule has 0 saturated carbocycles. The topological polar surface area (TPSA) is 26.3 Å². The predicted octanol–water partition coefficient (Wildman–Crippen LogP) is 5.35. The monoisotopic (exact) mass is 340 g/mol. The Kier molecular flexibility index (Phi) is 5.97. The first-order valence-electron chi connectivity index (χ1n) is 6.34. The lowest BCUT2D eigenvalue weighted by Gasteiger charge is -2.10. The molecule has 2 rings (SSSR count). The molecule has 110 valence electrons. The number of hydrogen-bond acceptors (Lipinski definition) is 3. The number of carbonyl (C=O) groups excluding carboxylic acids is 1. The molecule has 0 fully saturated rings. The van der Waals surface area contributed by atoms with Crippen molar-refractivity contribution in [2.45, 2.75) is 24.2 Å². The highest BCUT2D eigenvalue weighted by atomic mass is 35.5. The predicted molar refractivity (Wildman–Crippen MR) is 87.9 cm³/mol. The minimum atomic E-state index is -0.343. The highest BCUT2D eigenvalue weighted by Gasteiger charge is 2.10. The zero-order valence-electron chi connectivity index (χ0n) is 11.4. The average Bonchev–Trinajstić information content (AvgIpc) is 2.47. The van der Waals surface area contributed by atoms with Gasteiger partial charge >= 0.3 is 5.97 Å². The summed E-state index contributed by atoms with van der Waals surface area (Å²) in [5, 5.41) is 1.17. The van der Waals surface area contributed by atoms with Crippen LogP contribution in [-0.4, -0.2) is 5.97 Å². The van der Waals surface area contributed by atoms with Gasteiger partial charge in [0.2, 0.25) is 0 Å². The summed E-state index contributed by atoms with van der Waals surface area (Å²) in [5.74, 6) is 0.456. The van der Waals surface area contributed by atoms with E-state index in [0.29, 0.717) is 10.0 Å². The van der Waals surface area contributed by atoms with Crippen molar-refractivity contribution in [1.29, 1.82) is 0 Å². The molecule has 0 aromatic heterocycles. The molecular formula is C16H14Cl2O2S. The normalized spacial score (nSPS) is 10.4. The molecule has 0 aliphatic rings. The van der Waals surface area contributed by atoms with Gasteiger partial charge in [0, 0.05) is 28.2 Å². The van der Waals surface area contributed by atoms with E-state index in [-0.39, 0.29) is 12.6 Å². The summed E-state index contributed by atoms with van der Waals surface area (Å²) in [6.45, 7) is 1.50. The van der Waals surface area contributed by atoms with Crippen LogP contribution in [0.5, 0.6) is 0 Å². The number of hydrogen-bond donors (Lipinski definition) is 0. The van der Waals surface area contributed by atoms with Gasteiger partial charge in [-0.05, 0) is 17.7 Å². The van der Waals surface area contributed by atoms with Crippen molar-refractivity contribution >= 4 is 40.9 Å². The molecule has 0 N–H and O–H groups in total. The fraction of sp³-hybridized carbons (Fsp3) is 0.188. The Hall–Kier alpha value is -1.16. The summed E-state index contributed by atoms with van der Waals surface area (Å²) in [5.41, 5.74) is 1.93. The van der Waals surface area contributed by atoms with Crippen LogP contribution in [0.3, 0.4) is 0 Å². The van der Waals surface area contributed by atoms with Gasteiger partial charge in [0.25, 0.3) is 0 Å². The van der Waals surface area contributed by atoms with Crippen molar-refractivity contribution in [2.24, 2.45) is 0 Å². The lowest BCUT2D eigenvalue weighted by Crippen LogP contribution is -2.00. The van der Waals surface area contributed by atoms with Crippen molar-refractivity contribution in [1.82, 2.24) is 0 Å². The quantitative estimate of drug-likeness (QED) is 0.542. The van der Waals surface area contributed by atoms with E-state index >= 15 is 0 Å². The Labute approximate surface area is 138 Å². The SMILES string of the molecule is CC(=O)OCc1cc(Cl)cc(SCc2ccccc2)c1Cl. The highest BCUT2D eigenvalue weighted by Crippen LogP contribution is 2.35. The fourth-order valence-corrected chi connectivity index (χ4v) is 3.36. The third-order valence-electron chi connectivity index (χ3n) is 2.75. The van der Waals surface area contributed by atoms with E-state index in [2.05, 4.69) is 12.1 Å². The van der Waals surface area contributed by atoms with Gasteiger partial charge in [0.15, 0.2) is 0 Å². The standard InChI is InChI=1S/C16H14Cl2O2S/c1-11(19)20-9-13-7-14(17)8-15(16(13)18)21-10-12-5-3-2-4-6-12/h2-8H,9-10H2,1H3. The van der Waals surface area contributed by atoms with E-state index in [1.54, 1.807) is 17.8 Å². The van der Waals surface area contributed by atoms with Gasteiger partial charge in [-0.25, -0.2) is 0 Å². The maximum atomic E-state index is 10.9. The first kappa shape index (κ1) is 16.2. The fourth-order valence-electron chi connectivity index (χ4n) is 1.74. The molecule has 0 atom stereocenters. The van der Waals surface area contributed by atoms with Crippen LogP contribution >= 0.6 is 35.0 Å². The Balaban J connectivity index is 2.13. The summed E-state index contributed by atoms with van der Waals surface area (Å²) >= 11 is 14.1. The van der Waals surface area contributed by atoms with E-state index in [9.17, 15) is 4.79 Å². The van der Waals surface area contributed by atoms with Crippen LogP contribution in [0.25, 0.3) is 0 Å². The molecular weight excluding hydrogens is 327 g/mol. The van der Waals surface area contributed by atoms with Crippen LogP contribution < -0.4 is 0 Å². The molecule has 2 aromatic rings. The first-order valence-corrected chi connectivity index (χ1v) is 8.08. The number of esters is 1. The molecule has 0 radical (unpaired) electrons. The van der Waals surface area contributed by atoms with Crippen LogP contribution in [0.4, 0.5) is 0 Å². The molecule has 0 amide bonds. The lowest BCUT2D eigenvalue weighted by atomic mass is 10.2. The summed E-state index contributed by atoms with van der Waals surface area (Å²) in [6, 6.07) is 13.7. The third-order valence-corrected chi connectivity index (χ3v) is 4.63. The van der Waals surface area contributed by atoms with Crippen molar-refractivity contribution in [3.05, 3.63) is 63.6 Å². The van der Waals surface area contributed by atoms with Crippen LogP contribution in [0.2, 0.25) is 10.0 Å². The van der Waals surface area contributed by atoms with Gasteiger partial charge in [-0.2, -0.15) is 0 Å². The van der Waals surface area contributed by atoms with Gasteiger partial charge in [-0.3, -0.25) is 4.79 Å². The van der Waals surface area contributed by atoms with Gasteiger partial charge in [-0.15, -0.1) is 11.8 Å². The third kappa shape index (κ3) is 4.95. The Morgan fingerprint density at radius 2 is 1.90 bits per heavy atom. The van der Waals surface area contributed by atoms with E-state index in [1.807, 2.05) is 24.3 Å². The minimum absolute atomic E-state index is 0.133. The summed E-state index contributed by atoms with van der Waals surface area (Å²) < 4.78 is 4.99. The second-order valence-electron chi connectivity index (χ2n) is 4.43. The molecule has 0 spiro atoms. The maximum Gasteiger partial charge on any atom is 0.302 e. The van der Waals surface area contributed by atoms with Crippen LogP contribution in [0, 0.1) is 0 Å². The number of benzene rings is 2. The smallest absolute Gasteiger partial charge is 0.302 e. The Bertz CT molecular complexity index is 630. The van der Waals surface area contributed by atoms with E-state index in [0.717, 1.165) is 16.2 Å². The number of ether oxygens (including phenoxy) is 1. The van der Waals surface area contributed by atoms with E-state index in [1.165, 1.54) is 12.5 Å². The Morgan fingerprint density at radius 1 is 1.19 bits per heavy atom. The van der Waals surface area contributed by atoms with Crippen molar-refractivity contribution in [2.75, 3.05) is 0 Å². The Morgan fingerprint density at radius 3 is 2.57 bits per heavy atom. The first-order chi connectivity index (χ1) is 10.1. The number of carbonyl (C=O) groups is 1. The molecule has 2 nitrogen and oxygen atoms in total. The average molecular weight is 341 g/mol. The summed E-state index contributed by atoms with van der Waals surface area (Å²) in [6.07, 6.45) is 0. The molecule has 0 unspecified atom stereocenters. The molecule has 0 bridgehead atoms. The largest absolute Gasteiger partial charge is 0.461 e. The minimum Gasteiger partial charge on any atom is -0.461 e. The second kappa shape index (κ2) is 7.74. The molecule has 5 heteroatoms. The molecule has 21 heavy (non-hydrogen) atoms. The lowest BCUT2D eigenvalue weighted by molar-refractivity contribution is -0.142. The zero-order chi connectivity index (χ0) is 15.2. The van der Waals surface area contributed by atoms with Crippen LogP contribution in [-0.2, 0) is 21.9 Å². The maximum absolute atomic E-state index is 10.9. The molecule has 0 saturated heterocycles. The van der Waals surface area contributed by atoms with Crippen molar-refractivity contribution in [3.8, 4) is 0 Å². The number of thioether (sulfide) groups is 1. The summed E-state index contributed by atoms with van der Waals surface area (Å²) in [4.78, 5) is 11.8. The van der Waals surface area contributed by atoms with Gasteiger partial charge < -0.3 is 4.74 Å².